The average Bonchev–Trinajstić information content (AvgIpc) is 3.42. The molecule has 2 heterocycles. The first-order valence-corrected chi connectivity index (χ1v) is 12.7. The van der Waals surface area contributed by atoms with Crippen LogP contribution in [-0.4, -0.2) is 22.0 Å². The number of nitrogens with zero attached hydrogens (tertiary/aromatic N) is 2. The van der Waals surface area contributed by atoms with Gasteiger partial charge in [0.25, 0.3) is 5.91 Å². The predicted molar refractivity (Wildman–Crippen MR) is 137 cm³/mol. The number of carbonyl (C=O) groups is 1. The number of rotatable bonds is 4. The minimum absolute atomic E-state index is 0.0580. The summed E-state index contributed by atoms with van der Waals surface area (Å²) in [5.74, 6) is 0.515. The molecule has 34 heavy (non-hydrogen) atoms. The molecule has 5 rings (SSSR count). The van der Waals surface area contributed by atoms with Gasteiger partial charge in [-0.2, -0.15) is 0 Å². The first-order chi connectivity index (χ1) is 16.5. The first-order valence-electron chi connectivity index (χ1n) is 11.1. The monoisotopic (exact) mass is 514 g/mol. The van der Waals surface area contributed by atoms with E-state index in [4.69, 9.17) is 27.6 Å². The fraction of sp³-hybridized carbons (Fsp3) is 0.231. The number of thioether (sulfide) groups is 1. The minimum atomic E-state index is -0.418. The molecule has 0 radical (unpaired) electrons. The van der Waals surface area contributed by atoms with Gasteiger partial charge in [0.05, 0.1) is 9.93 Å². The molecule has 0 bridgehead atoms. The molecule has 1 saturated carbocycles. The third-order valence-corrected chi connectivity index (χ3v) is 7.49. The van der Waals surface area contributed by atoms with Gasteiger partial charge in [0.1, 0.15) is 23.0 Å². The van der Waals surface area contributed by atoms with Crippen LogP contribution in [0.25, 0.3) is 17.4 Å². The topological polar surface area (TPSA) is 45.8 Å². The Morgan fingerprint density at radius 2 is 1.85 bits per heavy atom. The summed E-state index contributed by atoms with van der Waals surface area (Å²) in [6, 6.07) is 15.1. The van der Waals surface area contributed by atoms with E-state index >= 15 is 0 Å². The number of amides is 1. The molecule has 1 aromatic heterocycles. The van der Waals surface area contributed by atoms with Crippen molar-refractivity contribution in [1.29, 1.82) is 0 Å². The van der Waals surface area contributed by atoms with Crippen LogP contribution in [-0.2, 0) is 4.79 Å². The minimum Gasteiger partial charge on any atom is -0.457 e. The Balaban J connectivity index is 1.49. The highest BCUT2D eigenvalue weighted by Crippen LogP contribution is 2.39. The second kappa shape index (κ2) is 9.98. The summed E-state index contributed by atoms with van der Waals surface area (Å²) < 4.78 is 20.3. The maximum absolute atomic E-state index is 14.3. The lowest BCUT2D eigenvalue weighted by molar-refractivity contribution is -0.124. The zero-order valence-corrected chi connectivity index (χ0v) is 20.5. The van der Waals surface area contributed by atoms with Gasteiger partial charge in [-0.3, -0.25) is 9.69 Å². The Bertz CT molecular complexity index is 1300. The molecule has 174 valence electrons. The molecule has 0 unspecified atom stereocenters. The molecule has 3 aromatic rings. The van der Waals surface area contributed by atoms with E-state index in [0.717, 1.165) is 32.1 Å². The van der Waals surface area contributed by atoms with Gasteiger partial charge >= 0.3 is 0 Å². The van der Waals surface area contributed by atoms with Crippen molar-refractivity contribution in [3.63, 3.8) is 0 Å². The molecule has 2 aromatic carbocycles. The summed E-state index contributed by atoms with van der Waals surface area (Å²) in [4.78, 5) is 20.2. The van der Waals surface area contributed by atoms with E-state index in [1.807, 2.05) is 0 Å². The zero-order valence-electron chi connectivity index (χ0n) is 18.1. The van der Waals surface area contributed by atoms with Crippen LogP contribution in [0.2, 0.25) is 10.0 Å². The van der Waals surface area contributed by atoms with Gasteiger partial charge in [0.2, 0.25) is 0 Å². The van der Waals surface area contributed by atoms with Gasteiger partial charge in [0, 0.05) is 22.7 Å². The highest BCUT2D eigenvalue weighted by atomic mass is 35.5. The highest BCUT2D eigenvalue weighted by molar-refractivity contribution is 8.18. The molecule has 2 fully saturated rings. The Morgan fingerprint density at radius 1 is 1.06 bits per heavy atom. The standard InChI is InChI=1S/C26H21Cl2FN2O2S/c27-16-10-12-20(28)19(14-16)23-13-11-18(33-23)15-24-25(32)31(17-6-2-1-3-7-17)26(34-24)30-22-9-5-4-8-21(22)29/h4-5,8-15,17H,1-3,6-7H2/b24-15-,30-26?. The van der Waals surface area contributed by atoms with E-state index in [-0.39, 0.29) is 17.6 Å². The second-order valence-electron chi connectivity index (χ2n) is 8.25. The van der Waals surface area contributed by atoms with Crippen molar-refractivity contribution in [2.45, 2.75) is 38.1 Å². The fourth-order valence-electron chi connectivity index (χ4n) is 4.26. The number of benzene rings is 2. The molecule has 0 atom stereocenters. The van der Waals surface area contributed by atoms with Crippen LogP contribution in [0.1, 0.15) is 37.9 Å². The Kier molecular flexibility index (Phi) is 6.82. The molecule has 1 aliphatic carbocycles. The lowest BCUT2D eigenvalue weighted by Crippen LogP contribution is -2.40. The van der Waals surface area contributed by atoms with Crippen molar-refractivity contribution in [3.05, 3.63) is 81.1 Å². The average molecular weight is 515 g/mol. The first kappa shape index (κ1) is 23.2. The fourth-order valence-corrected chi connectivity index (χ4v) is 5.68. The summed E-state index contributed by atoms with van der Waals surface area (Å²) in [6.07, 6.45) is 6.81. The van der Waals surface area contributed by atoms with Crippen LogP contribution in [0, 0.1) is 5.82 Å². The van der Waals surface area contributed by atoms with E-state index < -0.39 is 5.82 Å². The van der Waals surface area contributed by atoms with Crippen molar-refractivity contribution >= 4 is 57.8 Å². The number of hydrogen-bond donors (Lipinski definition) is 0. The van der Waals surface area contributed by atoms with E-state index in [0.29, 0.717) is 37.2 Å². The highest BCUT2D eigenvalue weighted by Gasteiger charge is 2.39. The quantitative estimate of drug-likeness (QED) is 0.328. The van der Waals surface area contributed by atoms with E-state index in [2.05, 4.69) is 4.99 Å². The number of para-hydroxylation sites is 1. The maximum atomic E-state index is 14.3. The van der Waals surface area contributed by atoms with Gasteiger partial charge < -0.3 is 4.42 Å². The third kappa shape index (κ3) is 4.81. The molecule has 2 aliphatic rings. The summed E-state index contributed by atoms with van der Waals surface area (Å²) in [5.41, 5.74) is 0.894. The molecule has 1 amide bonds. The Labute approximate surface area is 211 Å². The van der Waals surface area contributed by atoms with Gasteiger partial charge in [-0.25, -0.2) is 9.38 Å². The number of hydrogen-bond acceptors (Lipinski definition) is 4. The number of aliphatic imine (C=N–C) groups is 1. The van der Waals surface area contributed by atoms with Crippen LogP contribution in [0.3, 0.4) is 0 Å². The number of furan rings is 1. The Hall–Kier alpha value is -2.54. The largest absolute Gasteiger partial charge is 0.457 e. The SMILES string of the molecule is O=C1/C(=C/c2ccc(-c3cc(Cl)ccc3Cl)o2)SC(=Nc2ccccc2F)N1C1CCCCC1. The summed E-state index contributed by atoms with van der Waals surface area (Å²) in [5, 5.41) is 1.57. The van der Waals surface area contributed by atoms with Crippen molar-refractivity contribution in [3.8, 4) is 11.3 Å². The number of amidine groups is 1. The van der Waals surface area contributed by atoms with Crippen molar-refractivity contribution < 1.29 is 13.6 Å². The van der Waals surface area contributed by atoms with Gasteiger partial charge in [-0.1, -0.05) is 54.6 Å². The van der Waals surface area contributed by atoms with Gasteiger partial charge in [-0.05, 0) is 67.1 Å². The smallest absolute Gasteiger partial charge is 0.267 e. The van der Waals surface area contributed by atoms with Crippen LogP contribution < -0.4 is 0 Å². The van der Waals surface area contributed by atoms with Crippen molar-refractivity contribution in [1.82, 2.24) is 4.90 Å². The second-order valence-corrected chi connectivity index (χ2v) is 10.1. The van der Waals surface area contributed by atoms with E-state index in [9.17, 15) is 9.18 Å². The summed E-state index contributed by atoms with van der Waals surface area (Å²) in [7, 11) is 0. The predicted octanol–water partition coefficient (Wildman–Crippen LogP) is 8.33. The molecular formula is C26H21Cl2FN2O2S. The summed E-state index contributed by atoms with van der Waals surface area (Å²) >= 11 is 13.7. The summed E-state index contributed by atoms with van der Waals surface area (Å²) in [6.45, 7) is 0. The number of carbonyl (C=O) groups excluding carboxylic acids is 1. The normalized spacial score (nSPS) is 19.5. The van der Waals surface area contributed by atoms with E-state index in [1.54, 1.807) is 59.5 Å². The number of halogens is 3. The van der Waals surface area contributed by atoms with Crippen molar-refractivity contribution in [2.24, 2.45) is 4.99 Å². The third-order valence-electron chi connectivity index (χ3n) is 5.94. The van der Waals surface area contributed by atoms with Crippen LogP contribution in [0.5, 0.6) is 0 Å². The van der Waals surface area contributed by atoms with Crippen LogP contribution >= 0.6 is 35.0 Å². The van der Waals surface area contributed by atoms with Crippen LogP contribution in [0.15, 0.2) is 68.9 Å². The lowest BCUT2D eigenvalue weighted by atomic mass is 9.94. The van der Waals surface area contributed by atoms with Crippen LogP contribution in [0.4, 0.5) is 10.1 Å². The lowest BCUT2D eigenvalue weighted by Gasteiger charge is -2.30. The zero-order chi connectivity index (χ0) is 23.7. The molecule has 1 aliphatic heterocycles. The maximum Gasteiger partial charge on any atom is 0.267 e. The van der Waals surface area contributed by atoms with Crippen molar-refractivity contribution in [2.75, 3.05) is 0 Å². The Morgan fingerprint density at radius 3 is 2.65 bits per heavy atom. The molecular weight excluding hydrogens is 494 g/mol. The molecule has 8 heteroatoms. The molecule has 1 saturated heterocycles. The molecule has 0 spiro atoms. The van der Waals surface area contributed by atoms with Gasteiger partial charge in [0.15, 0.2) is 5.17 Å². The van der Waals surface area contributed by atoms with Gasteiger partial charge in [-0.15, -0.1) is 0 Å². The molecule has 0 N–H and O–H groups in total. The molecule has 4 nitrogen and oxygen atoms in total. The van der Waals surface area contributed by atoms with E-state index in [1.165, 1.54) is 17.8 Å².